The summed E-state index contributed by atoms with van der Waals surface area (Å²) >= 11 is 0. The van der Waals surface area contributed by atoms with Gasteiger partial charge in [0.05, 0.1) is 0 Å². The summed E-state index contributed by atoms with van der Waals surface area (Å²) in [7, 11) is 0. The predicted octanol–water partition coefficient (Wildman–Crippen LogP) is 3.73. The summed E-state index contributed by atoms with van der Waals surface area (Å²) in [5.41, 5.74) is 0.961. The number of ether oxygens (including phenoxy) is 1. The van der Waals surface area contributed by atoms with Crippen molar-refractivity contribution in [3.8, 4) is 5.75 Å². The van der Waals surface area contributed by atoms with E-state index in [1.807, 2.05) is 26.0 Å². The summed E-state index contributed by atoms with van der Waals surface area (Å²) in [5, 5.41) is 0. The minimum Gasteiger partial charge on any atom is -0.483 e. The standard InChI is InChI=1S/C20H19F5N2O2/c1-11-4-3-5-13(12(11)2)29-10-14(28)26-6-8-27(9-7-26)20-18(24)16(22)15(21)17(23)19(20)25/h3-5H,6-10H2,1-2H3. The van der Waals surface area contributed by atoms with Crippen molar-refractivity contribution in [3.63, 3.8) is 0 Å². The van der Waals surface area contributed by atoms with Crippen LogP contribution in [0.2, 0.25) is 0 Å². The molecule has 1 fully saturated rings. The number of benzene rings is 2. The second-order valence-corrected chi connectivity index (χ2v) is 6.77. The summed E-state index contributed by atoms with van der Waals surface area (Å²) < 4.78 is 73.5. The van der Waals surface area contributed by atoms with Gasteiger partial charge in [-0.25, -0.2) is 22.0 Å². The van der Waals surface area contributed by atoms with Gasteiger partial charge in [-0.1, -0.05) is 12.1 Å². The number of piperazine rings is 1. The van der Waals surface area contributed by atoms with Crippen molar-refractivity contribution in [3.05, 3.63) is 58.4 Å². The summed E-state index contributed by atoms with van der Waals surface area (Å²) in [6, 6.07) is 5.48. The second-order valence-electron chi connectivity index (χ2n) is 6.77. The normalized spacial score (nSPS) is 14.3. The van der Waals surface area contributed by atoms with Crippen molar-refractivity contribution in [1.29, 1.82) is 0 Å². The number of nitrogens with zero attached hydrogens (tertiary/aromatic N) is 2. The van der Waals surface area contributed by atoms with Gasteiger partial charge in [-0.3, -0.25) is 4.79 Å². The molecule has 2 aromatic rings. The molecule has 0 spiro atoms. The van der Waals surface area contributed by atoms with Crippen LogP contribution in [0.25, 0.3) is 0 Å². The van der Waals surface area contributed by atoms with E-state index in [2.05, 4.69) is 0 Å². The highest BCUT2D eigenvalue weighted by atomic mass is 19.2. The number of amides is 1. The average molecular weight is 414 g/mol. The number of carbonyl (C=O) groups excluding carboxylic acids is 1. The Morgan fingerprint density at radius 3 is 2.03 bits per heavy atom. The molecule has 0 unspecified atom stereocenters. The molecule has 1 aliphatic heterocycles. The third-order valence-electron chi connectivity index (χ3n) is 5.04. The number of hydrogen-bond acceptors (Lipinski definition) is 3. The van der Waals surface area contributed by atoms with Crippen LogP contribution in [0.1, 0.15) is 11.1 Å². The molecule has 4 nitrogen and oxygen atoms in total. The zero-order valence-corrected chi connectivity index (χ0v) is 15.9. The zero-order valence-electron chi connectivity index (χ0n) is 15.9. The number of aryl methyl sites for hydroxylation is 1. The quantitative estimate of drug-likeness (QED) is 0.434. The van der Waals surface area contributed by atoms with Crippen molar-refractivity contribution < 1.29 is 31.5 Å². The Morgan fingerprint density at radius 1 is 0.897 bits per heavy atom. The monoisotopic (exact) mass is 414 g/mol. The first-order valence-electron chi connectivity index (χ1n) is 8.95. The SMILES string of the molecule is Cc1cccc(OCC(=O)N2CCN(c3c(F)c(F)c(F)c(F)c3F)CC2)c1C. The molecule has 1 amide bonds. The van der Waals surface area contributed by atoms with Gasteiger partial charge in [0.2, 0.25) is 5.82 Å². The first-order valence-corrected chi connectivity index (χ1v) is 8.95. The number of hydrogen-bond donors (Lipinski definition) is 0. The van der Waals surface area contributed by atoms with Crippen LogP contribution in [0.5, 0.6) is 5.75 Å². The van der Waals surface area contributed by atoms with Gasteiger partial charge in [-0.15, -0.1) is 0 Å². The van der Waals surface area contributed by atoms with Crippen LogP contribution in [-0.4, -0.2) is 43.6 Å². The maximum Gasteiger partial charge on any atom is 0.260 e. The number of rotatable bonds is 4. The lowest BCUT2D eigenvalue weighted by molar-refractivity contribution is -0.133. The number of anilines is 1. The van der Waals surface area contributed by atoms with Gasteiger partial charge in [-0.05, 0) is 31.0 Å². The molecule has 1 aliphatic rings. The fourth-order valence-electron chi connectivity index (χ4n) is 3.16. The van der Waals surface area contributed by atoms with E-state index in [0.29, 0.717) is 5.75 Å². The van der Waals surface area contributed by atoms with Crippen LogP contribution in [0.4, 0.5) is 27.6 Å². The Morgan fingerprint density at radius 2 is 1.45 bits per heavy atom. The Labute approximate surface area is 164 Å². The summed E-state index contributed by atoms with van der Waals surface area (Å²) in [5.74, 6) is -9.67. The van der Waals surface area contributed by atoms with Gasteiger partial charge in [0.15, 0.2) is 29.9 Å². The highest BCUT2D eigenvalue weighted by molar-refractivity contribution is 5.78. The van der Waals surface area contributed by atoms with Crippen LogP contribution in [0.3, 0.4) is 0 Å². The zero-order chi connectivity index (χ0) is 21.3. The van der Waals surface area contributed by atoms with Crippen LogP contribution in [-0.2, 0) is 4.79 Å². The van der Waals surface area contributed by atoms with Crippen LogP contribution < -0.4 is 9.64 Å². The fourth-order valence-corrected chi connectivity index (χ4v) is 3.16. The highest BCUT2D eigenvalue weighted by Gasteiger charge is 2.31. The van der Waals surface area contributed by atoms with Gasteiger partial charge >= 0.3 is 0 Å². The smallest absolute Gasteiger partial charge is 0.260 e. The van der Waals surface area contributed by atoms with Gasteiger partial charge in [-0.2, -0.15) is 0 Å². The van der Waals surface area contributed by atoms with E-state index in [9.17, 15) is 26.7 Å². The van der Waals surface area contributed by atoms with Crippen molar-refractivity contribution in [2.45, 2.75) is 13.8 Å². The molecular formula is C20H19F5N2O2. The van der Waals surface area contributed by atoms with E-state index in [-0.39, 0.29) is 38.7 Å². The molecule has 1 heterocycles. The lowest BCUT2D eigenvalue weighted by atomic mass is 10.1. The lowest BCUT2D eigenvalue weighted by Gasteiger charge is -2.36. The molecule has 0 saturated carbocycles. The molecule has 0 aliphatic carbocycles. The Kier molecular flexibility index (Phi) is 5.95. The molecule has 0 aromatic heterocycles. The number of carbonyl (C=O) groups is 1. The van der Waals surface area contributed by atoms with Gasteiger partial charge in [0.1, 0.15) is 11.4 Å². The molecule has 3 rings (SSSR count). The Hall–Kier alpha value is -2.84. The minimum absolute atomic E-state index is 0.0640. The molecular weight excluding hydrogens is 395 g/mol. The van der Waals surface area contributed by atoms with Crippen molar-refractivity contribution in [1.82, 2.24) is 4.90 Å². The van der Waals surface area contributed by atoms with Crippen molar-refractivity contribution in [2.24, 2.45) is 0 Å². The van der Waals surface area contributed by atoms with E-state index < -0.39 is 34.8 Å². The van der Waals surface area contributed by atoms with Crippen LogP contribution in [0, 0.1) is 42.9 Å². The van der Waals surface area contributed by atoms with Gasteiger partial charge in [0, 0.05) is 26.2 Å². The maximum atomic E-state index is 14.0. The topological polar surface area (TPSA) is 32.8 Å². The number of halogens is 5. The highest BCUT2D eigenvalue weighted by Crippen LogP contribution is 2.31. The van der Waals surface area contributed by atoms with E-state index >= 15 is 0 Å². The fraction of sp³-hybridized carbons (Fsp3) is 0.350. The molecule has 29 heavy (non-hydrogen) atoms. The Bertz CT molecular complexity index is 914. The van der Waals surface area contributed by atoms with Crippen LogP contribution in [0.15, 0.2) is 18.2 Å². The van der Waals surface area contributed by atoms with Crippen LogP contribution >= 0.6 is 0 Å². The molecule has 2 aromatic carbocycles. The average Bonchev–Trinajstić information content (AvgIpc) is 2.72. The largest absolute Gasteiger partial charge is 0.483 e. The van der Waals surface area contributed by atoms with E-state index in [1.54, 1.807) is 6.07 Å². The first-order chi connectivity index (χ1) is 13.7. The Balaban J connectivity index is 1.64. The third-order valence-corrected chi connectivity index (χ3v) is 5.04. The lowest BCUT2D eigenvalue weighted by Crippen LogP contribution is -2.50. The minimum atomic E-state index is -2.19. The van der Waals surface area contributed by atoms with E-state index in [4.69, 9.17) is 4.74 Å². The van der Waals surface area contributed by atoms with Gasteiger partial charge in [0.25, 0.3) is 5.91 Å². The third kappa shape index (κ3) is 3.99. The molecule has 1 saturated heterocycles. The van der Waals surface area contributed by atoms with E-state index in [1.165, 1.54) is 4.90 Å². The molecule has 0 N–H and O–H groups in total. The summed E-state index contributed by atoms with van der Waals surface area (Å²) in [6.07, 6.45) is 0. The molecule has 156 valence electrons. The molecule has 0 atom stereocenters. The molecule has 9 heteroatoms. The maximum absolute atomic E-state index is 14.0. The summed E-state index contributed by atoms with van der Waals surface area (Å²) in [6.45, 7) is 3.55. The first kappa shape index (κ1) is 20.9. The predicted molar refractivity (Wildman–Crippen MR) is 96.4 cm³/mol. The molecule has 0 radical (unpaired) electrons. The molecule has 0 bridgehead atoms. The van der Waals surface area contributed by atoms with Gasteiger partial charge < -0.3 is 14.5 Å². The van der Waals surface area contributed by atoms with E-state index in [0.717, 1.165) is 16.0 Å². The summed E-state index contributed by atoms with van der Waals surface area (Å²) in [4.78, 5) is 14.8. The van der Waals surface area contributed by atoms with Crippen molar-refractivity contribution >= 4 is 11.6 Å². The van der Waals surface area contributed by atoms with Crippen molar-refractivity contribution in [2.75, 3.05) is 37.7 Å². The second kappa shape index (κ2) is 8.26.